The Hall–Kier alpha value is -3.16. The van der Waals surface area contributed by atoms with E-state index in [2.05, 4.69) is 0 Å². The number of fused-ring (bicyclic) bond motifs is 1. The second-order valence-electron chi connectivity index (χ2n) is 4.10. The normalized spacial score (nSPS) is 10.8. The summed E-state index contributed by atoms with van der Waals surface area (Å²) in [6, 6.07) is 10.0. The van der Waals surface area contributed by atoms with Gasteiger partial charge in [-0.3, -0.25) is 10.1 Å². The van der Waals surface area contributed by atoms with Gasteiger partial charge in [0, 0.05) is 21.5 Å². The number of aromatic nitrogens is 3. The fourth-order valence-corrected chi connectivity index (χ4v) is 1.99. The van der Waals surface area contributed by atoms with Crippen LogP contribution in [0.5, 0.6) is 0 Å². The van der Waals surface area contributed by atoms with Crippen LogP contribution in [-0.4, -0.2) is 9.44 Å². The highest BCUT2D eigenvalue weighted by molar-refractivity contribution is 5.54. The van der Waals surface area contributed by atoms with Crippen molar-refractivity contribution in [3.05, 3.63) is 69.2 Å². The molecule has 0 atom stereocenters. The lowest BCUT2D eigenvalue weighted by atomic mass is 10.2. The Morgan fingerprint density at radius 3 is 2.35 bits per heavy atom. The van der Waals surface area contributed by atoms with Crippen LogP contribution in [0.2, 0.25) is 0 Å². The predicted molar refractivity (Wildman–Crippen MR) is 67.4 cm³/mol. The minimum absolute atomic E-state index is 0.104. The number of nitro groups is 1. The van der Waals surface area contributed by atoms with Gasteiger partial charge in [0.2, 0.25) is 0 Å². The van der Waals surface area contributed by atoms with Crippen molar-refractivity contribution in [2.24, 2.45) is 0 Å². The molecule has 0 aliphatic carbocycles. The molecule has 8 nitrogen and oxygen atoms in total. The molecular weight excluding hydrogens is 264 g/mol. The van der Waals surface area contributed by atoms with E-state index in [4.69, 9.17) is 0 Å². The van der Waals surface area contributed by atoms with Gasteiger partial charge in [-0.2, -0.15) is 0 Å². The average molecular weight is 272 g/mol. The number of non-ortho nitro benzene ring substituents is 1. The van der Waals surface area contributed by atoms with E-state index in [0.717, 1.165) is 4.52 Å². The summed E-state index contributed by atoms with van der Waals surface area (Å²) >= 11 is 0. The molecule has 20 heavy (non-hydrogen) atoms. The van der Waals surface area contributed by atoms with Crippen LogP contribution in [0.1, 0.15) is 0 Å². The topological polar surface area (TPSA) is 101 Å². The van der Waals surface area contributed by atoms with Gasteiger partial charge >= 0.3 is 11.5 Å². The molecule has 2 aromatic heterocycles. The molecule has 0 radical (unpaired) electrons. The molecule has 0 unspecified atom stereocenters. The van der Waals surface area contributed by atoms with Crippen LogP contribution < -0.4 is 9.58 Å². The maximum Gasteiger partial charge on any atom is 0.404 e. The zero-order chi connectivity index (χ0) is 14.3. The van der Waals surface area contributed by atoms with Crippen molar-refractivity contribution < 1.29 is 14.5 Å². The lowest BCUT2D eigenvalue weighted by Crippen LogP contribution is -2.39. The van der Waals surface area contributed by atoms with Gasteiger partial charge in [-0.05, 0) is 24.3 Å². The number of rotatable bonds is 2. The number of nitro benzene ring substituents is 1. The molecule has 0 aliphatic heterocycles. The standard InChI is InChI=1S/C12H8N4O4/c17-14-11-3-1-2-8-13(11)15(18)12(14)9-4-6-10(7-5-9)16(19)20/h1-8H. The van der Waals surface area contributed by atoms with Gasteiger partial charge in [0.05, 0.1) is 16.6 Å². The monoisotopic (exact) mass is 272 g/mol. The van der Waals surface area contributed by atoms with E-state index in [0.29, 0.717) is 15.1 Å². The first-order valence-electron chi connectivity index (χ1n) is 5.67. The number of pyridine rings is 1. The fourth-order valence-electron chi connectivity index (χ4n) is 1.99. The van der Waals surface area contributed by atoms with Crippen molar-refractivity contribution in [3.8, 4) is 11.4 Å². The Kier molecular flexibility index (Phi) is 2.50. The van der Waals surface area contributed by atoms with Crippen LogP contribution in [0.25, 0.3) is 17.0 Å². The molecule has 8 heteroatoms. The fraction of sp³-hybridized carbons (Fsp3) is 0. The molecule has 0 N–H and O–H groups in total. The van der Waals surface area contributed by atoms with E-state index >= 15 is 0 Å². The molecule has 0 saturated carbocycles. The number of hydrogen-bond donors (Lipinski definition) is 0. The molecule has 1 aromatic carbocycles. The Bertz CT molecular complexity index is 771. The SMILES string of the molecule is O=[N+]([O-])c1ccc(-c2[n+]([O-])c3ccccn3[n+]2[O-])cc1. The van der Waals surface area contributed by atoms with Crippen molar-refractivity contribution in [1.29, 1.82) is 0 Å². The molecule has 0 aliphatic rings. The largest absolute Gasteiger partial charge is 0.675 e. The van der Waals surface area contributed by atoms with E-state index in [1.165, 1.54) is 36.5 Å². The van der Waals surface area contributed by atoms with Crippen LogP contribution >= 0.6 is 0 Å². The summed E-state index contributed by atoms with van der Waals surface area (Å²) in [6.07, 6.45) is 1.46. The van der Waals surface area contributed by atoms with Crippen molar-refractivity contribution in [2.45, 2.75) is 0 Å². The highest BCUT2D eigenvalue weighted by Crippen LogP contribution is 2.18. The van der Waals surface area contributed by atoms with Gasteiger partial charge in [0.1, 0.15) is 0 Å². The number of benzene rings is 1. The first kappa shape index (κ1) is 11.9. The average Bonchev–Trinajstić information content (AvgIpc) is 2.72. The molecule has 0 fully saturated rings. The number of hydrogen-bond acceptors (Lipinski definition) is 4. The zero-order valence-electron chi connectivity index (χ0n) is 10.0. The summed E-state index contributed by atoms with van der Waals surface area (Å²) < 4.78 is 1.65. The van der Waals surface area contributed by atoms with E-state index in [9.17, 15) is 20.5 Å². The van der Waals surface area contributed by atoms with Crippen LogP contribution in [0.3, 0.4) is 0 Å². The smallest absolute Gasteiger partial charge is 0.404 e. The van der Waals surface area contributed by atoms with E-state index in [1.807, 2.05) is 0 Å². The summed E-state index contributed by atoms with van der Waals surface area (Å²) in [5, 5.41) is 34.8. The lowest BCUT2D eigenvalue weighted by Gasteiger charge is -1.99. The molecule has 0 bridgehead atoms. The van der Waals surface area contributed by atoms with E-state index < -0.39 is 4.92 Å². The third kappa shape index (κ3) is 1.62. The summed E-state index contributed by atoms with van der Waals surface area (Å²) in [6.45, 7) is 0. The summed E-state index contributed by atoms with van der Waals surface area (Å²) in [4.78, 5) is 10.5. The molecular formula is C12H8N4O4. The van der Waals surface area contributed by atoms with Gasteiger partial charge in [-0.15, -0.1) is 4.73 Å². The molecule has 100 valence electrons. The van der Waals surface area contributed by atoms with Crippen LogP contribution in [0.15, 0.2) is 48.7 Å². The van der Waals surface area contributed by atoms with Crippen molar-refractivity contribution in [1.82, 2.24) is 4.52 Å². The van der Waals surface area contributed by atoms with Gasteiger partial charge in [0.25, 0.3) is 5.69 Å². The minimum atomic E-state index is -0.545. The maximum absolute atomic E-state index is 12.1. The Morgan fingerprint density at radius 2 is 1.75 bits per heavy atom. The Morgan fingerprint density at radius 1 is 1.05 bits per heavy atom. The molecule has 0 amide bonds. The van der Waals surface area contributed by atoms with Gasteiger partial charge in [-0.1, -0.05) is 0 Å². The summed E-state index contributed by atoms with van der Waals surface area (Å²) in [7, 11) is 0. The van der Waals surface area contributed by atoms with Gasteiger partial charge < -0.3 is 10.4 Å². The van der Waals surface area contributed by atoms with Crippen LogP contribution in [0.4, 0.5) is 5.69 Å². The molecule has 0 saturated heterocycles. The minimum Gasteiger partial charge on any atom is -0.675 e. The highest BCUT2D eigenvalue weighted by atomic mass is 16.6. The van der Waals surface area contributed by atoms with Crippen LogP contribution in [-0.2, 0) is 0 Å². The first-order valence-corrected chi connectivity index (χ1v) is 5.67. The lowest BCUT2D eigenvalue weighted by molar-refractivity contribution is -0.718. The molecule has 3 rings (SSSR count). The summed E-state index contributed by atoms with van der Waals surface area (Å²) in [5.41, 5.74) is 0.382. The second kappa shape index (κ2) is 4.19. The molecule has 0 spiro atoms. The maximum atomic E-state index is 12.1. The highest BCUT2D eigenvalue weighted by Gasteiger charge is 2.27. The van der Waals surface area contributed by atoms with Gasteiger partial charge in [-0.25, -0.2) is 0 Å². The second-order valence-corrected chi connectivity index (χ2v) is 4.10. The Balaban J connectivity index is 2.21. The van der Waals surface area contributed by atoms with Crippen LogP contribution in [0, 0.1) is 20.5 Å². The zero-order valence-corrected chi connectivity index (χ0v) is 10.0. The van der Waals surface area contributed by atoms with Crippen molar-refractivity contribution >= 4 is 11.3 Å². The molecule has 2 heterocycles. The van der Waals surface area contributed by atoms with Gasteiger partial charge in [0.15, 0.2) is 6.20 Å². The summed E-state index contributed by atoms with van der Waals surface area (Å²) in [5.74, 6) is -0.133. The van der Waals surface area contributed by atoms with Crippen molar-refractivity contribution in [2.75, 3.05) is 0 Å². The van der Waals surface area contributed by atoms with E-state index in [1.54, 1.807) is 12.1 Å². The quantitative estimate of drug-likeness (QED) is 0.297. The third-order valence-electron chi connectivity index (χ3n) is 2.93. The van der Waals surface area contributed by atoms with Crippen molar-refractivity contribution in [3.63, 3.8) is 0 Å². The third-order valence-corrected chi connectivity index (χ3v) is 2.93. The molecule has 3 aromatic rings. The van der Waals surface area contributed by atoms with E-state index in [-0.39, 0.29) is 17.2 Å². The predicted octanol–water partition coefficient (Wildman–Crippen LogP) is 0.781. The first-order chi connectivity index (χ1) is 9.59. The number of nitrogens with zero attached hydrogens (tertiary/aromatic N) is 4. The Labute approximate surface area is 112 Å².